The van der Waals surface area contributed by atoms with Crippen molar-refractivity contribution < 1.29 is 18.3 Å². The molecule has 4 nitrogen and oxygen atoms in total. The number of nitrogens with zero attached hydrogens (tertiary/aromatic N) is 2. The van der Waals surface area contributed by atoms with Crippen LogP contribution in [0.3, 0.4) is 0 Å². The second kappa shape index (κ2) is 8.36. The molecule has 26 heavy (non-hydrogen) atoms. The van der Waals surface area contributed by atoms with Crippen LogP contribution < -0.4 is 4.74 Å². The van der Waals surface area contributed by atoms with E-state index in [1.807, 2.05) is 6.08 Å². The molecular weight excluding hydrogens is 362 g/mol. The van der Waals surface area contributed by atoms with Gasteiger partial charge in [-0.25, -0.2) is 13.8 Å². The fourth-order valence-corrected chi connectivity index (χ4v) is 3.04. The van der Waals surface area contributed by atoms with Crippen LogP contribution in [0.1, 0.15) is 36.9 Å². The van der Waals surface area contributed by atoms with Gasteiger partial charge in [0.25, 0.3) is 0 Å². The van der Waals surface area contributed by atoms with Crippen molar-refractivity contribution in [1.82, 2.24) is 9.97 Å². The van der Waals surface area contributed by atoms with Crippen molar-refractivity contribution in [3.8, 4) is 6.01 Å². The second-order valence-corrected chi connectivity index (χ2v) is 6.58. The normalized spacial score (nSPS) is 16.9. The Morgan fingerprint density at radius 3 is 2.85 bits per heavy atom. The molecule has 0 amide bonds. The number of halogens is 3. The summed E-state index contributed by atoms with van der Waals surface area (Å²) in [7, 11) is 0. The largest absolute Gasteiger partial charge is 0.458 e. The first kappa shape index (κ1) is 18.5. The summed E-state index contributed by atoms with van der Waals surface area (Å²) in [4.78, 5) is 18.5. The molecule has 1 aromatic carbocycles. The third-order valence-corrected chi connectivity index (χ3v) is 4.58. The van der Waals surface area contributed by atoms with E-state index in [-0.39, 0.29) is 18.3 Å². The summed E-state index contributed by atoms with van der Waals surface area (Å²) in [5.74, 6) is -0.726. The lowest BCUT2D eigenvalue weighted by atomic mass is 9.86. The molecule has 1 aliphatic carbocycles. The number of aromatic nitrogens is 2. The van der Waals surface area contributed by atoms with Crippen molar-refractivity contribution in [1.29, 1.82) is 0 Å². The third-order valence-electron chi connectivity index (χ3n) is 4.35. The van der Waals surface area contributed by atoms with Gasteiger partial charge in [0, 0.05) is 17.0 Å². The quantitative estimate of drug-likeness (QED) is 0.680. The number of hydrogen-bond acceptors (Lipinski definition) is 4. The summed E-state index contributed by atoms with van der Waals surface area (Å²) in [5, 5.41) is 0.295. The van der Waals surface area contributed by atoms with Gasteiger partial charge in [-0.15, -0.1) is 0 Å². The molecule has 136 valence electrons. The van der Waals surface area contributed by atoms with Gasteiger partial charge in [-0.3, -0.25) is 0 Å². The summed E-state index contributed by atoms with van der Waals surface area (Å²) in [6.45, 7) is -0.0888. The molecule has 7 heteroatoms. The molecule has 2 aromatic rings. The summed E-state index contributed by atoms with van der Waals surface area (Å²) in [6.07, 6.45) is 6.54. The van der Waals surface area contributed by atoms with Gasteiger partial charge in [-0.2, -0.15) is 4.98 Å². The lowest BCUT2D eigenvalue weighted by Gasteiger charge is -2.20. The highest BCUT2D eigenvalue weighted by Gasteiger charge is 2.19. The minimum atomic E-state index is -0.532. The summed E-state index contributed by atoms with van der Waals surface area (Å²) in [5.41, 5.74) is 1.27. The molecule has 0 saturated carbocycles. The first-order valence-corrected chi connectivity index (χ1v) is 8.67. The zero-order valence-corrected chi connectivity index (χ0v) is 14.7. The zero-order chi connectivity index (χ0) is 18.5. The van der Waals surface area contributed by atoms with E-state index in [0.29, 0.717) is 35.8 Å². The van der Waals surface area contributed by atoms with E-state index in [2.05, 4.69) is 9.97 Å². The number of allylic oxidation sites excluding steroid dienone is 2. The van der Waals surface area contributed by atoms with E-state index in [1.54, 1.807) is 6.07 Å². The van der Waals surface area contributed by atoms with Crippen molar-refractivity contribution in [2.75, 3.05) is 0 Å². The van der Waals surface area contributed by atoms with Gasteiger partial charge in [0.1, 0.15) is 24.4 Å². The van der Waals surface area contributed by atoms with Gasteiger partial charge in [0.15, 0.2) is 5.82 Å². The third kappa shape index (κ3) is 4.43. The van der Waals surface area contributed by atoms with Crippen LogP contribution in [0.5, 0.6) is 6.01 Å². The second-order valence-electron chi connectivity index (χ2n) is 6.15. The maximum Gasteiger partial charge on any atom is 0.317 e. The Kier molecular flexibility index (Phi) is 5.93. The van der Waals surface area contributed by atoms with Crippen LogP contribution in [0.15, 0.2) is 30.5 Å². The number of rotatable bonds is 6. The van der Waals surface area contributed by atoms with Gasteiger partial charge in [0.2, 0.25) is 0 Å². The van der Waals surface area contributed by atoms with E-state index in [0.717, 1.165) is 24.5 Å². The van der Waals surface area contributed by atoms with Crippen LogP contribution in [0, 0.1) is 17.6 Å². The highest BCUT2D eigenvalue weighted by atomic mass is 35.5. The van der Waals surface area contributed by atoms with E-state index in [4.69, 9.17) is 16.3 Å². The fraction of sp³-hybridized carbons (Fsp3) is 0.316. The number of carbonyl (C=O) groups is 1. The minimum Gasteiger partial charge on any atom is -0.458 e. The lowest BCUT2D eigenvalue weighted by Crippen LogP contribution is -2.09. The molecule has 1 unspecified atom stereocenters. The molecule has 0 saturated heterocycles. The predicted octanol–water partition coefficient (Wildman–Crippen LogP) is 4.76. The molecule has 0 N–H and O–H groups in total. The maximum atomic E-state index is 14.1. The van der Waals surface area contributed by atoms with Crippen molar-refractivity contribution in [2.45, 2.75) is 32.3 Å². The Labute approximate surface area is 154 Å². The van der Waals surface area contributed by atoms with Crippen molar-refractivity contribution in [3.05, 3.63) is 58.4 Å². The summed E-state index contributed by atoms with van der Waals surface area (Å²) >= 11 is 5.72. The number of aldehydes is 1. The molecule has 3 rings (SSSR count). The molecule has 0 spiro atoms. The highest BCUT2D eigenvalue weighted by Crippen LogP contribution is 2.32. The van der Waals surface area contributed by atoms with E-state index < -0.39 is 11.6 Å². The van der Waals surface area contributed by atoms with Crippen molar-refractivity contribution >= 4 is 23.5 Å². The maximum absolute atomic E-state index is 14.1. The van der Waals surface area contributed by atoms with Crippen LogP contribution in [0.25, 0.3) is 5.57 Å². The van der Waals surface area contributed by atoms with Gasteiger partial charge in [-0.05, 0) is 42.9 Å². The van der Waals surface area contributed by atoms with Crippen molar-refractivity contribution in [2.24, 2.45) is 5.92 Å². The molecule has 1 atom stereocenters. The first-order chi connectivity index (χ1) is 12.6. The predicted molar refractivity (Wildman–Crippen MR) is 93.7 cm³/mol. The van der Waals surface area contributed by atoms with Crippen LogP contribution in [0.4, 0.5) is 8.78 Å². The zero-order valence-electron chi connectivity index (χ0n) is 13.9. The van der Waals surface area contributed by atoms with E-state index >= 15 is 0 Å². The standard InChI is InChI=1S/C19H17ClF2N2O2/c20-15-6-5-14(16(21)9-15)11-26-19-23-10-17(22)18(24-19)13-3-1-12(2-4-13)7-8-25/h3,5-6,8-10,12H,1-2,4,7,11H2. The van der Waals surface area contributed by atoms with Crippen LogP contribution >= 0.6 is 11.6 Å². The Morgan fingerprint density at radius 2 is 2.15 bits per heavy atom. The van der Waals surface area contributed by atoms with E-state index in [9.17, 15) is 13.6 Å². The van der Waals surface area contributed by atoms with Gasteiger partial charge in [-0.1, -0.05) is 23.7 Å². The monoisotopic (exact) mass is 378 g/mol. The minimum absolute atomic E-state index is 0.0216. The molecule has 1 aromatic heterocycles. The number of benzene rings is 1. The molecule has 0 bridgehead atoms. The number of carbonyl (C=O) groups excluding carboxylic acids is 1. The van der Waals surface area contributed by atoms with Gasteiger partial charge in [0.05, 0.1) is 6.20 Å². The molecular formula is C19H17ClF2N2O2. The Balaban J connectivity index is 1.72. The molecule has 0 radical (unpaired) electrons. The van der Waals surface area contributed by atoms with Crippen LogP contribution in [-0.4, -0.2) is 16.3 Å². The Bertz CT molecular complexity index is 842. The molecule has 1 heterocycles. The summed E-state index contributed by atoms with van der Waals surface area (Å²) in [6, 6.07) is 4.24. The lowest BCUT2D eigenvalue weighted by molar-refractivity contribution is -0.108. The van der Waals surface area contributed by atoms with Crippen LogP contribution in [0.2, 0.25) is 5.02 Å². The summed E-state index contributed by atoms with van der Waals surface area (Å²) < 4.78 is 33.3. The highest BCUT2D eigenvalue weighted by molar-refractivity contribution is 6.30. The molecule has 0 aliphatic heterocycles. The fourth-order valence-electron chi connectivity index (χ4n) is 2.88. The molecule has 0 fully saturated rings. The SMILES string of the molecule is O=CCC1CC=C(c2nc(OCc3ccc(Cl)cc3F)ncc2F)CC1. The average Bonchev–Trinajstić information content (AvgIpc) is 2.63. The van der Waals surface area contributed by atoms with Gasteiger partial charge >= 0.3 is 6.01 Å². The van der Waals surface area contributed by atoms with Crippen LogP contribution in [-0.2, 0) is 11.4 Å². The molecule has 1 aliphatic rings. The number of ether oxygens (including phenoxy) is 1. The first-order valence-electron chi connectivity index (χ1n) is 8.29. The topological polar surface area (TPSA) is 52.1 Å². The van der Waals surface area contributed by atoms with E-state index in [1.165, 1.54) is 12.1 Å². The smallest absolute Gasteiger partial charge is 0.317 e. The Hall–Kier alpha value is -2.34. The van der Waals surface area contributed by atoms with Crippen molar-refractivity contribution in [3.63, 3.8) is 0 Å². The Morgan fingerprint density at radius 1 is 1.31 bits per heavy atom. The van der Waals surface area contributed by atoms with Gasteiger partial charge < -0.3 is 9.53 Å². The average molecular weight is 379 g/mol. The number of hydrogen-bond donors (Lipinski definition) is 0.